The molecule has 0 aliphatic carbocycles. The number of nitrogens with one attached hydrogen (secondary N) is 1. The molecule has 1 aromatic carbocycles. The van der Waals surface area contributed by atoms with Crippen LogP contribution in [0.25, 0.3) is 0 Å². The van der Waals surface area contributed by atoms with Crippen molar-refractivity contribution in [2.75, 3.05) is 19.7 Å². The molecule has 2 heteroatoms. The maximum absolute atomic E-state index is 5.71. The molecule has 1 aliphatic heterocycles. The topological polar surface area (TPSA) is 21.3 Å². The van der Waals surface area contributed by atoms with Crippen LogP contribution in [0.4, 0.5) is 0 Å². The standard InChI is InChI=1S/C12H17NO/c1-9-5-10(2)7-11(6-9)12-8-13-3-4-14-12/h5-7,12-13H,3-4,8H2,1-2H3. The van der Waals surface area contributed by atoms with Crippen molar-refractivity contribution < 1.29 is 4.74 Å². The highest BCUT2D eigenvalue weighted by atomic mass is 16.5. The van der Waals surface area contributed by atoms with Crippen molar-refractivity contribution in [1.82, 2.24) is 5.32 Å². The van der Waals surface area contributed by atoms with Crippen LogP contribution >= 0.6 is 0 Å². The zero-order valence-corrected chi connectivity index (χ0v) is 8.84. The third-order valence-corrected chi connectivity index (χ3v) is 2.54. The molecule has 1 saturated heterocycles. The van der Waals surface area contributed by atoms with Gasteiger partial charge in [0.25, 0.3) is 0 Å². The minimum Gasteiger partial charge on any atom is -0.371 e. The van der Waals surface area contributed by atoms with Gasteiger partial charge in [-0.15, -0.1) is 0 Å². The first-order valence-corrected chi connectivity index (χ1v) is 5.16. The Morgan fingerprint density at radius 1 is 1.21 bits per heavy atom. The van der Waals surface area contributed by atoms with E-state index >= 15 is 0 Å². The Morgan fingerprint density at radius 2 is 1.93 bits per heavy atom. The molecule has 76 valence electrons. The predicted octanol–water partition coefficient (Wildman–Crippen LogP) is 1.96. The lowest BCUT2D eigenvalue weighted by atomic mass is 10.0. The molecule has 0 bridgehead atoms. The van der Waals surface area contributed by atoms with Gasteiger partial charge >= 0.3 is 0 Å². The SMILES string of the molecule is Cc1cc(C)cc(C2CNCCO2)c1. The second kappa shape index (κ2) is 4.11. The molecule has 1 heterocycles. The molecule has 1 atom stereocenters. The minimum absolute atomic E-state index is 0.238. The average molecular weight is 191 g/mol. The Labute approximate surface area is 85.3 Å². The zero-order chi connectivity index (χ0) is 9.97. The van der Waals surface area contributed by atoms with Gasteiger partial charge in [0.05, 0.1) is 12.7 Å². The van der Waals surface area contributed by atoms with Crippen molar-refractivity contribution in [2.45, 2.75) is 20.0 Å². The number of hydrogen-bond donors (Lipinski definition) is 1. The van der Waals surface area contributed by atoms with E-state index in [1.165, 1.54) is 16.7 Å². The maximum atomic E-state index is 5.71. The van der Waals surface area contributed by atoms with E-state index in [1.807, 2.05) is 0 Å². The van der Waals surface area contributed by atoms with Crippen molar-refractivity contribution >= 4 is 0 Å². The van der Waals surface area contributed by atoms with Gasteiger partial charge in [-0.25, -0.2) is 0 Å². The third kappa shape index (κ3) is 2.14. The van der Waals surface area contributed by atoms with Crippen LogP contribution in [0.3, 0.4) is 0 Å². The zero-order valence-electron chi connectivity index (χ0n) is 8.84. The summed E-state index contributed by atoms with van der Waals surface area (Å²) in [7, 11) is 0. The van der Waals surface area contributed by atoms with E-state index in [2.05, 4.69) is 37.4 Å². The third-order valence-electron chi connectivity index (χ3n) is 2.54. The molecule has 1 fully saturated rings. The summed E-state index contributed by atoms with van der Waals surface area (Å²) in [6.07, 6.45) is 0.238. The Bertz CT molecular complexity index is 296. The molecule has 0 spiro atoms. The van der Waals surface area contributed by atoms with E-state index in [9.17, 15) is 0 Å². The fourth-order valence-electron chi connectivity index (χ4n) is 1.98. The highest BCUT2D eigenvalue weighted by molar-refractivity contribution is 5.30. The number of rotatable bonds is 1. The van der Waals surface area contributed by atoms with Crippen molar-refractivity contribution in [2.24, 2.45) is 0 Å². The summed E-state index contributed by atoms with van der Waals surface area (Å²) in [5.74, 6) is 0. The summed E-state index contributed by atoms with van der Waals surface area (Å²) in [5.41, 5.74) is 3.93. The predicted molar refractivity (Wildman–Crippen MR) is 57.5 cm³/mol. The van der Waals surface area contributed by atoms with Gasteiger partial charge in [-0.05, 0) is 19.4 Å². The van der Waals surface area contributed by atoms with Crippen LogP contribution in [0.1, 0.15) is 22.8 Å². The molecular weight excluding hydrogens is 174 g/mol. The van der Waals surface area contributed by atoms with E-state index in [1.54, 1.807) is 0 Å². The fourth-order valence-corrected chi connectivity index (χ4v) is 1.98. The first-order valence-electron chi connectivity index (χ1n) is 5.16. The monoisotopic (exact) mass is 191 g/mol. The summed E-state index contributed by atoms with van der Waals surface area (Å²) in [6.45, 7) is 6.99. The largest absolute Gasteiger partial charge is 0.371 e. The van der Waals surface area contributed by atoms with Crippen LogP contribution in [0, 0.1) is 13.8 Å². The smallest absolute Gasteiger partial charge is 0.0950 e. The number of aryl methyl sites for hydroxylation is 2. The second-order valence-corrected chi connectivity index (χ2v) is 3.98. The molecule has 1 aliphatic rings. The van der Waals surface area contributed by atoms with Crippen LogP contribution in [-0.2, 0) is 4.74 Å². The Kier molecular flexibility index (Phi) is 2.85. The van der Waals surface area contributed by atoms with Gasteiger partial charge in [-0.2, -0.15) is 0 Å². The van der Waals surface area contributed by atoms with E-state index in [0.717, 1.165) is 19.7 Å². The van der Waals surface area contributed by atoms with Gasteiger partial charge in [0.15, 0.2) is 0 Å². The van der Waals surface area contributed by atoms with Gasteiger partial charge < -0.3 is 10.1 Å². The first-order chi connectivity index (χ1) is 6.75. The van der Waals surface area contributed by atoms with Gasteiger partial charge in [0, 0.05) is 13.1 Å². The average Bonchev–Trinajstić information content (AvgIpc) is 2.18. The first kappa shape index (κ1) is 9.69. The molecule has 1 N–H and O–H groups in total. The highest BCUT2D eigenvalue weighted by Gasteiger charge is 2.15. The summed E-state index contributed by atoms with van der Waals surface area (Å²) in [5, 5.41) is 3.35. The van der Waals surface area contributed by atoms with E-state index in [0.29, 0.717) is 0 Å². The molecule has 0 amide bonds. The van der Waals surface area contributed by atoms with Gasteiger partial charge in [-0.3, -0.25) is 0 Å². The molecule has 1 unspecified atom stereocenters. The molecule has 2 nitrogen and oxygen atoms in total. The Balaban J connectivity index is 2.21. The van der Waals surface area contributed by atoms with Crippen LogP contribution in [0.15, 0.2) is 18.2 Å². The molecule has 14 heavy (non-hydrogen) atoms. The molecule has 0 radical (unpaired) electrons. The molecular formula is C12H17NO. The van der Waals surface area contributed by atoms with Crippen LogP contribution < -0.4 is 5.32 Å². The highest BCUT2D eigenvalue weighted by Crippen LogP contribution is 2.21. The number of morpholine rings is 1. The van der Waals surface area contributed by atoms with Crippen LogP contribution in [0.2, 0.25) is 0 Å². The van der Waals surface area contributed by atoms with Crippen molar-refractivity contribution in [1.29, 1.82) is 0 Å². The number of ether oxygens (including phenoxy) is 1. The van der Waals surface area contributed by atoms with Crippen LogP contribution in [-0.4, -0.2) is 19.7 Å². The summed E-state index contributed by atoms with van der Waals surface area (Å²) in [6, 6.07) is 6.62. The van der Waals surface area contributed by atoms with Crippen LogP contribution in [0.5, 0.6) is 0 Å². The normalized spacial score (nSPS) is 22.3. The second-order valence-electron chi connectivity index (χ2n) is 3.98. The quantitative estimate of drug-likeness (QED) is 0.732. The Morgan fingerprint density at radius 3 is 2.50 bits per heavy atom. The molecule has 0 saturated carbocycles. The minimum atomic E-state index is 0.238. The lowest BCUT2D eigenvalue weighted by Gasteiger charge is -2.24. The summed E-state index contributed by atoms with van der Waals surface area (Å²) in [4.78, 5) is 0. The van der Waals surface area contributed by atoms with E-state index in [-0.39, 0.29) is 6.10 Å². The summed E-state index contributed by atoms with van der Waals surface area (Å²) >= 11 is 0. The van der Waals surface area contributed by atoms with Gasteiger partial charge in [0.2, 0.25) is 0 Å². The van der Waals surface area contributed by atoms with Crippen molar-refractivity contribution in [3.05, 3.63) is 34.9 Å². The number of benzene rings is 1. The Hall–Kier alpha value is -0.860. The molecule has 0 aromatic heterocycles. The lowest BCUT2D eigenvalue weighted by molar-refractivity contribution is 0.0276. The summed E-state index contributed by atoms with van der Waals surface area (Å²) < 4.78 is 5.71. The van der Waals surface area contributed by atoms with Gasteiger partial charge in [0.1, 0.15) is 0 Å². The van der Waals surface area contributed by atoms with Crippen molar-refractivity contribution in [3.8, 4) is 0 Å². The number of hydrogen-bond acceptors (Lipinski definition) is 2. The maximum Gasteiger partial charge on any atom is 0.0950 e. The fraction of sp³-hybridized carbons (Fsp3) is 0.500. The van der Waals surface area contributed by atoms with E-state index in [4.69, 9.17) is 4.74 Å². The molecule has 1 aromatic rings. The van der Waals surface area contributed by atoms with E-state index < -0.39 is 0 Å². The van der Waals surface area contributed by atoms with Gasteiger partial charge in [-0.1, -0.05) is 29.3 Å². The van der Waals surface area contributed by atoms with Crippen molar-refractivity contribution in [3.63, 3.8) is 0 Å². The molecule has 2 rings (SSSR count). The lowest BCUT2D eigenvalue weighted by Crippen LogP contribution is -2.33.